The maximum absolute atomic E-state index is 13.3. The minimum absolute atomic E-state index is 0.0167. The molecule has 0 bridgehead atoms. The fourth-order valence-electron chi connectivity index (χ4n) is 5.77. The molecule has 0 spiro atoms. The highest BCUT2D eigenvalue weighted by atomic mass is 35.5. The van der Waals surface area contributed by atoms with Crippen LogP contribution in [-0.4, -0.2) is 42.8 Å². The molecule has 2 aromatic rings. The summed E-state index contributed by atoms with van der Waals surface area (Å²) in [5, 5.41) is 6.02. The second kappa shape index (κ2) is 15.6. The fraction of sp³-hybridized carbons (Fsp3) is 0.500. The van der Waals surface area contributed by atoms with Gasteiger partial charge in [-0.25, -0.2) is 4.79 Å². The first-order chi connectivity index (χ1) is 19.9. The van der Waals surface area contributed by atoms with Gasteiger partial charge >= 0.3 is 6.09 Å². The van der Waals surface area contributed by atoms with Crippen molar-refractivity contribution in [1.29, 1.82) is 0 Å². The molecule has 2 aliphatic rings. The molecular weight excluding hydrogens is 542 g/mol. The van der Waals surface area contributed by atoms with Gasteiger partial charge in [0.1, 0.15) is 18.9 Å². The van der Waals surface area contributed by atoms with E-state index >= 15 is 0 Å². The van der Waals surface area contributed by atoms with E-state index in [0.29, 0.717) is 30.2 Å². The largest absolute Gasteiger partial charge is 0.445 e. The van der Waals surface area contributed by atoms with Crippen LogP contribution in [0.4, 0.5) is 10.5 Å². The Morgan fingerprint density at radius 2 is 1.80 bits per heavy atom. The highest BCUT2D eigenvalue weighted by molar-refractivity contribution is 6.30. The first-order valence-electron chi connectivity index (χ1n) is 14.7. The third-order valence-electron chi connectivity index (χ3n) is 7.98. The molecule has 1 heterocycles. The number of para-hydroxylation sites is 1. The van der Waals surface area contributed by atoms with E-state index in [1.54, 1.807) is 29.2 Å². The average molecular weight is 582 g/mol. The van der Waals surface area contributed by atoms with Gasteiger partial charge in [0.25, 0.3) is 0 Å². The number of aryl methyl sites for hydroxylation is 1. The number of carbonyl (C=O) groups excluding carboxylic acids is 4. The first-order valence-corrected chi connectivity index (χ1v) is 15.1. The molecule has 2 aromatic carbocycles. The zero-order valence-corrected chi connectivity index (χ0v) is 24.2. The lowest BCUT2D eigenvalue weighted by Crippen LogP contribution is -2.51. The van der Waals surface area contributed by atoms with Crippen molar-refractivity contribution in [3.63, 3.8) is 0 Å². The van der Waals surface area contributed by atoms with Gasteiger partial charge in [-0.05, 0) is 67.3 Å². The number of halogens is 1. The number of nitrogens with one attached hydrogen (secondary N) is 2. The van der Waals surface area contributed by atoms with Crippen molar-refractivity contribution >= 4 is 41.5 Å². The number of aldehydes is 1. The molecule has 1 fully saturated rings. The summed E-state index contributed by atoms with van der Waals surface area (Å²) in [4.78, 5) is 52.9. The Bertz CT molecular complexity index is 1200. The number of benzene rings is 2. The van der Waals surface area contributed by atoms with Crippen molar-refractivity contribution in [1.82, 2.24) is 10.6 Å². The van der Waals surface area contributed by atoms with Crippen molar-refractivity contribution in [2.75, 3.05) is 11.4 Å². The topological polar surface area (TPSA) is 105 Å². The molecule has 220 valence electrons. The number of carbonyl (C=O) groups is 4. The van der Waals surface area contributed by atoms with Gasteiger partial charge in [-0.2, -0.15) is 0 Å². The van der Waals surface area contributed by atoms with E-state index in [1.165, 1.54) is 6.42 Å². The molecular formula is C32H40ClN3O5. The molecule has 2 atom stereocenters. The summed E-state index contributed by atoms with van der Waals surface area (Å²) in [6.45, 7) is 0.654. The molecule has 0 unspecified atom stereocenters. The van der Waals surface area contributed by atoms with Gasteiger partial charge in [0.15, 0.2) is 0 Å². The molecule has 0 saturated heterocycles. The van der Waals surface area contributed by atoms with Gasteiger partial charge in [0.2, 0.25) is 11.8 Å². The Labute approximate surface area is 247 Å². The summed E-state index contributed by atoms with van der Waals surface area (Å²) < 4.78 is 5.36. The molecule has 1 aliphatic carbocycles. The molecule has 8 nitrogen and oxygen atoms in total. The predicted molar refractivity (Wildman–Crippen MR) is 159 cm³/mol. The second-order valence-electron chi connectivity index (χ2n) is 11.1. The van der Waals surface area contributed by atoms with E-state index in [2.05, 4.69) is 16.7 Å². The number of fused-ring (bicyclic) bond motifs is 1. The van der Waals surface area contributed by atoms with Crippen LogP contribution in [-0.2, 0) is 32.1 Å². The number of hydrogen-bond donors (Lipinski definition) is 2. The molecule has 1 saturated carbocycles. The molecule has 9 heteroatoms. The number of nitrogens with zero attached hydrogens (tertiary/aromatic N) is 1. The molecule has 0 aromatic heterocycles. The smallest absolute Gasteiger partial charge is 0.408 e. The zero-order chi connectivity index (χ0) is 29.0. The van der Waals surface area contributed by atoms with E-state index in [-0.39, 0.29) is 25.4 Å². The Hall–Kier alpha value is -3.39. The maximum Gasteiger partial charge on any atom is 0.408 e. The molecule has 0 radical (unpaired) electrons. The van der Waals surface area contributed by atoms with Crippen LogP contribution in [0.2, 0.25) is 5.02 Å². The molecule has 3 amide bonds. The lowest BCUT2D eigenvalue weighted by molar-refractivity contribution is -0.126. The number of hydrogen-bond acceptors (Lipinski definition) is 5. The zero-order valence-electron chi connectivity index (χ0n) is 23.5. The Balaban J connectivity index is 1.34. The maximum atomic E-state index is 13.3. The van der Waals surface area contributed by atoms with Gasteiger partial charge in [0.05, 0.1) is 6.04 Å². The number of ether oxygens (including phenoxy) is 1. The van der Waals surface area contributed by atoms with Gasteiger partial charge in [0, 0.05) is 23.7 Å². The van der Waals surface area contributed by atoms with Gasteiger partial charge in [-0.1, -0.05) is 74.0 Å². The minimum Gasteiger partial charge on any atom is -0.445 e. The van der Waals surface area contributed by atoms with Crippen LogP contribution in [0, 0.1) is 5.92 Å². The lowest BCUT2D eigenvalue weighted by Gasteiger charge is -2.27. The van der Waals surface area contributed by atoms with Crippen molar-refractivity contribution < 1.29 is 23.9 Å². The average Bonchev–Trinajstić information content (AvgIpc) is 3.21. The number of rotatable bonds is 11. The van der Waals surface area contributed by atoms with Crippen molar-refractivity contribution in [2.24, 2.45) is 5.92 Å². The summed E-state index contributed by atoms with van der Waals surface area (Å²) in [5.74, 6) is -0.214. The van der Waals surface area contributed by atoms with Gasteiger partial charge in [-0.3, -0.25) is 9.59 Å². The first kappa shape index (κ1) is 30.6. The lowest BCUT2D eigenvalue weighted by atomic mass is 9.84. The van der Waals surface area contributed by atoms with E-state index in [0.717, 1.165) is 61.8 Å². The third kappa shape index (κ3) is 9.32. The van der Waals surface area contributed by atoms with Crippen molar-refractivity contribution in [3.8, 4) is 0 Å². The summed E-state index contributed by atoms with van der Waals surface area (Å²) in [7, 11) is 0. The van der Waals surface area contributed by atoms with Crippen LogP contribution >= 0.6 is 11.6 Å². The monoisotopic (exact) mass is 581 g/mol. The fourth-order valence-corrected chi connectivity index (χ4v) is 5.98. The second-order valence-corrected chi connectivity index (χ2v) is 11.5. The third-order valence-corrected chi connectivity index (χ3v) is 8.22. The van der Waals surface area contributed by atoms with Gasteiger partial charge < -0.3 is 25.1 Å². The van der Waals surface area contributed by atoms with Crippen molar-refractivity contribution in [2.45, 2.75) is 89.3 Å². The van der Waals surface area contributed by atoms with E-state index in [4.69, 9.17) is 16.3 Å². The van der Waals surface area contributed by atoms with Crippen LogP contribution < -0.4 is 15.5 Å². The van der Waals surface area contributed by atoms with Crippen molar-refractivity contribution in [3.05, 3.63) is 64.7 Å². The van der Waals surface area contributed by atoms with Crippen LogP contribution in [0.1, 0.15) is 75.3 Å². The molecule has 2 N–H and O–H groups in total. The predicted octanol–water partition coefficient (Wildman–Crippen LogP) is 5.74. The quantitative estimate of drug-likeness (QED) is 0.329. The van der Waals surface area contributed by atoms with Crippen LogP contribution in [0.5, 0.6) is 0 Å². The van der Waals surface area contributed by atoms with Crippen LogP contribution in [0.25, 0.3) is 0 Å². The molecule has 41 heavy (non-hydrogen) atoms. The number of anilines is 1. The normalized spacial score (nSPS) is 17.0. The highest BCUT2D eigenvalue weighted by Gasteiger charge is 2.29. The molecule has 4 rings (SSSR count). The van der Waals surface area contributed by atoms with Crippen LogP contribution in [0.15, 0.2) is 48.5 Å². The Morgan fingerprint density at radius 3 is 2.59 bits per heavy atom. The standard InChI is InChI=1S/C32H40ClN3O5/c33-26-14-8-11-24(19-26)22-41-32(40)35-28(20-23-9-2-1-3-10-23)31(39)34-27(21-37)16-17-30(38)36-18-7-6-13-25-12-4-5-15-29(25)36/h4-5,8,11-12,14-15,19,21,23,27-28H,1-3,6-7,9-10,13,16-18,20,22H2,(H,34,39)(H,35,40)/t27-,28-/m0/s1. The molecule has 1 aliphatic heterocycles. The Kier molecular flexibility index (Phi) is 11.6. The summed E-state index contributed by atoms with van der Waals surface area (Å²) in [6, 6.07) is 13.3. The van der Waals surface area contributed by atoms with Gasteiger partial charge in [-0.15, -0.1) is 0 Å². The number of amides is 3. The van der Waals surface area contributed by atoms with Crippen LogP contribution in [0.3, 0.4) is 0 Å². The SMILES string of the molecule is O=C[C@H](CCC(=O)N1CCCCc2ccccc21)NC(=O)[C@H](CC1CCCCC1)NC(=O)OCc1cccc(Cl)c1. The Morgan fingerprint density at radius 1 is 1.00 bits per heavy atom. The van der Waals surface area contributed by atoms with E-state index < -0.39 is 24.1 Å². The highest BCUT2D eigenvalue weighted by Crippen LogP contribution is 2.28. The summed E-state index contributed by atoms with van der Waals surface area (Å²) in [6.07, 6.45) is 8.94. The van der Waals surface area contributed by atoms with E-state index in [1.807, 2.05) is 18.2 Å². The minimum atomic E-state index is -0.847. The van der Waals surface area contributed by atoms with E-state index in [9.17, 15) is 19.2 Å². The summed E-state index contributed by atoms with van der Waals surface area (Å²) >= 11 is 6.01. The number of alkyl carbamates (subject to hydrolysis) is 1. The summed E-state index contributed by atoms with van der Waals surface area (Å²) in [5.41, 5.74) is 2.81.